The Labute approximate surface area is 111 Å². The predicted molar refractivity (Wildman–Crippen MR) is 70.8 cm³/mol. The number of likely N-dealkylation sites (N-methyl/N-ethyl adjacent to an activating group) is 1. The largest absolute Gasteiger partial charge is 0.481 e. The van der Waals surface area contributed by atoms with Gasteiger partial charge in [0.2, 0.25) is 0 Å². The zero-order valence-electron chi connectivity index (χ0n) is 11.1. The molecule has 5 nitrogen and oxygen atoms in total. The quantitative estimate of drug-likeness (QED) is 0.603. The van der Waals surface area contributed by atoms with Crippen LogP contribution in [0.5, 0.6) is 5.75 Å². The molecule has 0 unspecified atom stereocenters. The molecule has 1 aromatic carbocycles. The number of nitrogens with one attached hydrogen (secondary N) is 1. The van der Waals surface area contributed by atoms with Gasteiger partial charge in [0.25, 0.3) is 5.91 Å². The van der Waals surface area contributed by atoms with Gasteiger partial charge in [-0.25, -0.2) is 4.39 Å². The van der Waals surface area contributed by atoms with Crippen LogP contribution in [0.1, 0.15) is 19.4 Å². The summed E-state index contributed by atoms with van der Waals surface area (Å²) >= 11 is 0. The monoisotopic (exact) mass is 267 g/mol. The van der Waals surface area contributed by atoms with Crippen molar-refractivity contribution in [2.75, 3.05) is 19.7 Å². The van der Waals surface area contributed by atoms with Crippen molar-refractivity contribution in [1.82, 2.24) is 4.90 Å². The molecule has 0 heterocycles. The van der Waals surface area contributed by atoms with Gasteiger partial charge in [0.05, 0.1) is 0 Å². The number of amidine groups is 1. The van der Waals surface area contributed by atoms with E-state index in [9.17, 15) is 9.18 Å². The standard InChI is InChI=1S/C13H18FN3O2/c1-3-17(4-2)12(18)8-19-11-6-5-9(13(15)16)7-10(11)14/h5-7H,3-4,8H2,1-2H3,(H3,15,16). The molecule has 1 aromatic rings. The number of hydrogen-bond acceptors (Lipinski definition) is 3. The van der Waals surface area contributed by atoms with Crippen LogP contribution in [0.15, 0.2) is 18.2 Å². The van der Waals surface area contributed by atoms with Crippen molar-refractivity contribution in [3.8, 4) is 5.75 Å². The van der Waals surface area contributed by atoms with E-state index >= 15 is 0 Å². The van der Waals surface area contributed by atoms with Crippen LogP contribution >= 0.6 is 0 Å². The molecule has 0 aliphatic rings. The topological polar surface area (TPSA) is 79.4 Å². The molecule has 0 fully saturated rings. The molecule has 0 aliphatic carbocycles. The van der Waals surface area contributed by atoms with Gasteiger partial charge in [-0.05, 0) is 32.0 Å². The third-order valence-corrected chi connectivity index (χ3v) is 2.71. The summed E-state index contributed by atoms with van der Waals surface area (Å²) < 4.78 is 18.8. The molecule has 0 aliphatic heterocycles. The number of rotatable bonds is 6. The maximum atomic E-state index is 13.6. The molecule has 104 valence electrons. The van der Waals surface area contributed by atoms with Crippen molar-refractivity contribution in [3.63, 3.8) is 0 Å². The third-order valence-electron chi connectivity index (χ3n) is 2.71. The number of carbonyl (C=O) groups excluding carboxylic acids is 1. The molecule has 19 heavy (non-hydrogen) atoms. The van der Waals surface area contributed by atoms with Crippen molar-refractivity contribution < 1.29 is 13.9 Å². The third kappa shape index (κ3) is 3.94. The lowest BCUT2D eigenvalue weighted by Gasteiger charge is -2.18. The Bertz CT molecular complexity index is 473. The molecule has 0 saturated carbocycles. The van der Waals surface area contributed by atoms with E-state index in [2.05, 4.69) is 0 Å². The Kier molecular flexibility index (Phi) is 5.29. The van der Waals surface area contributed by atoms with Gasteiger partial charge in [-0.1, -0.05) is 0 Å². The van der Waals surface area contributed by atoms with Crippen LogP contribution in [-0.2, 0) is 4.79 Å². The van der Waals surface area contributed by atoms with E-state index in [1.807, 2.05) is 13.8 Å². The minimum atomic E-state index is -0.639. The highest BCUT2D eigenvalue weighted by Crippen LogP contribution is 2.18. The Morgan fingerprint density at radius 1 is 1.42 bits per heavy atom. The van der Waals surface area contributed by atoms with Gasteiger partial charge in [-0.3, -0.25) is 10.2 Å². The number of benzene rings is 1. The fourth-order valence-electron chi connectivity index (χ4n) is 1.59. The van der Waals surface area contributed by atoms with Gasteiger partial charge >= 0.3 is 0 Å². The van der Waals surface area contributed by atoms with Crippen molar-refractivity contribution in [2.24, 2.45) is 5.73 Å². The van der Waals surface area contributed by atoms with Crippen LogP contribution in [0, 0.1) is 11.2 Å². The summed E-state index contributed by atoms with van der Waals surface area (Å²) in [6, 6.07) is 3.95. The maximum absolute atomic E-state index is 13.6. The van der Waals surface area contributed by atoms with Gasteiger partial charge in [-0.15, -0.1) is 0 Å². The summed E-state index contributed by atoms with van der Waals surface area (Å²) in [6.45, 7) is 4.69. The molecule has 0 aromatic heterocycles. The Hall–Kier alpha value is -2.11. The molecule has 6 heteroatoms. The number of carbonyl (C=O) groups is 1. The normalized spacial score (nSPS) is 10.1. The lowest BCUT2D eigenvalue weighted by molar-refractivity contribution is -0.133. The summed E-state index contributed by atoms with van der Waals surface area (Å²) in [5, 5.41) is 7.19. The molecule has 0 radical (unpaired) electrons. The van der Waals surface area contributed by atoms with Gasteiger partial charge in [0.1, 0.15) is 5.84 Å². The number of nitrogen functional groups attached to an aromatic ring is 1. The van der Waals surface area contributed by atoms with Crippen molar-refractivity contribution >= 4 is 11.7 Å². The summed E-state index contributed by atoms with van der Waals surface area (Å²) in [6.07, 6.45) is 0. The molecule has 0 atom stereocenters. The van der Waals surface area contributed by atoms with E-state index in [0.29, 0.717) is 13.1 Å². The molecule has 0 bridgehead atoms. The molecule has 0 spiro atoms. The Balaban J connectivity index is 2.68. The first-order chi connectivity index (χ1) is 8.99. The fraction of sp³-hybridized carbons (Fsp3) is 0.385. The Morgan fingerprint density at radius 2 is 2.05 bits per heavy atom. The maximum Gasteiger partial charge on any atom is 0.260 e. The lowest BCUT2D eigenvalue weighted by atomic mass is 10.2. The van der Waals surface area contributed by atoms with Gasteiger partial charge < -0.3 is 15.4 Å². The fourth-order valence-corrected chi connectivity index (χ4v) is 1.59. The number of nitrogens with zero attached hydrogens (tertiary/aromatic N) is 1. The van der Waals surface area contributed by atoms with Crippen molar-refractivity contribution in [1.29, 1.82) is 5.41 Å². The van der Waals surface area contributed by atoms with Gasteiger partial charge in [0, 0.05) is 18.7 Å². The average Bonchev–Trinajstić information content (AvgIpc) is 2.38. The second-order valence-corrected chi connectivity index (χ2v) is 3.91. The van der Waals surface area contributed by atoms with E-state index < -0.39 is 5.82 Å². The average molecular weight is 267 g/mol. The number of amides is 1. The summed E-state index contributed by atoms with van der Waals surface area (Å²) in [5.74, 6) is -1.07. The second kappa shape index (κ2) is 6.72. The molecule has 1 amide bonds. The van der Waals surface area contributed by atoms with E-state index in [1.54, 1.807) is 4.90 Å². The summed E-state index contributed by atoms with van der Waals surface area (Å²) in [4.78, 5) is 13.3. The molecule has 3 N–H and O–H groups in total. The predicted octanol–water partition coefficient (Wildman–Crippen LogP) is 1.36. The second-order valence-electron chi connectivity index (χ2n) is 3.91. The number of ether oxygens (including phenoxy) is 1. The van der Waals surface area contributed by atoms with Gasteiger partial charge in [0.15, 0.2) is 18.2 Å². The first-order valence-electron chi connectivity index (χ1n) is 6.04. The molecule has 1 rings (SSSR count). The van der Waals surface area contributed by atoms with E-state index in [4.69, 9.17) is 15.9 Å². The number of hydrogen-bond donors (Lipinski definition) is 2. The zero-order chi connectivity index (χ0) is 14.4. The first kappa shape index (κ1) is 14.9. The molecule has 0 saturated heterocycles. The highest BCUT2D eigenvalue weighted by atomic mass is 19.1. The highest BCUT2D eigenvalue weighted by Gasteiger charge is 2.12. The van der Waals surface area contributed by atoms with Crippen molar-refractivity contribution in [3.05, 3.63) is 29.6 Å². The summed E-state index contributed by atoms with van der Waals surface area (Å²) in [5.41, 5.74) is 5.52. The smallest absolute Gasteiger partial charge is 0.260 e. The minimum absolute atomic E-state index is 0.0227. The lowest BCUT2D eigenvalue weighted by Crippen LogP contribution is -2.34. The van der Waals surface area contributed by atoms with Crippen LogP contribution in [-0.4, -0.2) is 36.3 Å². The van der Waals surface area contributed by atoms with Crippen molar-refractivity contribution in [2.45, 2.75) is 13.8 Å². The van der Waals surface area contributed by atoms with Crippen LogP contribution in [0.25, 0.3) is 0 Å². The van der Waals surface area contributed by atoms with E-state index in [0.717, 1.165) is 6.07 Å². The molecular formula is C13H18FN3O2. The minimum Gasteiger partial charge on any atom is -0.481 e. The van der Waals surface area contributed by atoms with Gasteiger partial charge in [-0.2, -0.15) is 0 Å². The Morgan fingerprint density at radius 3 is 2.53 bits per heavy atom. The molecular weight excluding hydrogens is 249 g/mol. The van der Waals surface area contributed by atoms with Crippen LogP contribution in [0.4, 0.5) is 4.39 Å². The van der Waals surface area contributed by atoms with Crippen LogP contribution < -0.4 is 10.5 Å². The zero-order valence-corrected chi connectivity index (χ0v) is 11.1. The van der Waals surface area contributed by atoms with E-state index in [1.165, 1.54) is 12.1 Å². The number of halogens is 1. The van der Waals surface area contributed by atoms with Crippen LogP contribution in [0.2, 0.25) is 0 Å². The first-order valence-corrected chi connectivity index (χ1v) is 6.04. The SMILES string of the molecule is CCN(CC)C(=O)COc1ccc(C(=N)N)cc1F. The van der Waals surface area contributed by atoms with E-state index in [-0.39, 0.29) is 29.7 Å². The highest BCUT2D eigenvalue weighted by molar-refractivity contribution is 5.95. The summed E-state index contributed by atoms with van der Waals surface area (Å²) in [7, 11) is 0. The number of nitrogens with two attached hydrogens (primary N) is 1. The van der Waals surface area contributed by atoms with Crippen LogP contribution in [0.3, 0.4) is 0 Å².